The molecule has 6 nitrogen and oxygen atoms in total. The number of nitrogens with zero attached hydrogens (tertiary/aromatic N) is 3. The molecule has 1 atom stereocenters. The summed E-state index contributed by atoms with van der Waals surface area (Å²) in [7, 11) is -3.57. The van der Waals surface area contributed by atoms with Gasteiger partial charge in [-0.05, 0) is 50.6 Å². The van der Waals surface area contributed by atoms with E-state index in [1.165, 1.54) is 4.31 Å². The number of hydrogen-bond acceptors (Lipinski definition) is 4. The van der Waals surface area contributed by atoms with Crippen LogP contribution in [-0.4, -0.2) is 69.1 Å². The molecule has 1 aromatic carbocycles. The fourth-order valence-electron chi connectivity index (χ4n) is 3.43. The highest BCUT2D eigenvalue weighted by Gasteiger charge is 2.33. The van der Waals surface area contributed by atoms with Crippen LogP contribution in [0, 0.1) is 13.8 Å². The van der Waals surface area contributed by atoms with Crippen LogP contribution in [0.5, 0.6) is 0 Å². The topological polar surface area (TPSA) is 60.9 Å². The molecule has 0 saturated carbocycles. The number of sulfonamides is 1. The quantitative estimate of drug-likeness (QED) is 0.793. The number of carbonyl (C=O) groups excluding carboxylic acids is 1. The van der Waals surface area contributed by atoms with Gasteiger partial charge in [-0.2, -0.15) is 0 Å². The van der Waals surface area contributed by atoms with E-state index in [-0.39, 0.29) is 5.91 Å². The van der Waals surface area contributed by atoms with Gasteiger partial charge in [0.1, 0.15) is 6.04 Å². The molecular formula is C18H29N3O3S. The molecular weight excluding hydrogens is 338 g/mol. The van der Waals surface area contributed by atoms with Crippen LogP contribution < -0.4 is 4.31 Å². The molecule has 25 heavy (non-hydrogen) atoms. The van der Waals surface area contributed by atoms with E-state index in [9.17, 15) is 13.2 Å². The van der Waals surface area contributed by atoms with Crippen molar-refractivity contribution in [1.82, 2.24) is 9.80 Å². The van der Waals surface area contributed by atoms with Crippen LogP contribution in [0.3, 0.4) is 0 Å². The van der Waals surface area contributed by atoms with Crippen molar-refractivity contribution in [2.45, 2.75) is 33.7 Å². The summed E-state index contributed by atoms with van der Waals surface area (Å²) in [6.07, 6.45) is 1.16. The van der Waals surface area contributed by atoms with Gasteiger partial charge in [-0.15, -0.1) is 0 Å². The fraction of sp³-hybridized carbons (Fsp3) is 0.611. The summed E-state index contributed by atoms with van der Waals surface area (Å²) in [5.41, 5.74) is 2.49. The molecule has 1 aliphatic rings. The van der Waals surface area contributed by atoms with E-state index in [1.54, 1.807) is 11.8 Å². The third kappa shape index (κ3) is 4.73. The molecule has 1 aliphatic heterocycles. The molecule has 7 heteroatoms. The fourth-order valence-corrected chi connectivity index (χ4v) is 4.58. The van der Waals surface area contributed by atoms with Crippen LogP contribution in [0.15, 0.2) is 18.2 Å². The lowest BCUT2D eigenvalue weighted by atomic mass is 10.1. The molecule has 0 spiro atoms. The highest BCUT2D eigenvalue weighted by molar-refractivity contribution is 7.92. The molecule has 0 aliphatic carbocycles. The van der Waals surface area contributed by atoms with E-state index in [0.717, 1.165) is 37.0 Å². The summed E-state index contributed by atoms with van der Waals surface area (Å²) >= 11 is 0. The van der Waals surface area contributed by atoms with Crippen LogP contribution in [-0.2, 0) is 14.8 Å². The van der Waals surface area contributed by atoms with Crippen LogP contribution in [0.2, 0.25) is 0 Å². The Kier molecular flexibility index (Phi) is 6.11. The Morgan fingerprint density at radius 2 is 1.64 bits per heavy atom. The standard InChI is InChI=1S/C18H29N3O3S/c1-6-19-7-9-20(10-8-19)18(22)16(4)21(25(5,23)24)17-12-14(2)11-15(3)13-17/h11-13,16H,6-10H2,1-5H3/t16-/m0/s1. The lowest BCUT2D eigenvalue weighted by Crippen LogP contribution is -2.55. The zero-order valence-electron chi connectivity index (χ0n) is 15.8. The van der Waals surface area contributed by atoms with Crippen molar-refractivity contribution in [3.63, 3.8) is 0 Å². The highest BCUT2D eigenvalue weighted by atomic mass is 32.2. The predicted octanol–water partition coefficient (Wildman–Crippen LogP) is 1.62. The second kappa shape index (κ2) is 7.74. The molecule has 140 valence electrons. The van der Waals surface area contributed by atoms with Gasteiger partial charge in [0, 0.05) is 26.2 Å². The summed E-state index contributed by atoms with van der Waals surface area (Å²) in [5.74, 6) is -0.139. The summed E-state index contributed by atoms with van der Waals surface area (Å²) in [6.45, 7) is 11.5. The molecule has 1 aromatic rings. The van der Waals surface area contributed by atoms with E-state index in [0.29, 0.717) is 18.8 Å². The second-order valence-electron chi connectivity index (χ2n) is 6.84. The molecule has 1 saturated heterocycles. The van der Waals surface area contributed by atoms with Crippen molar-refractivity contribution in [1.29, 1.82) is 0 Å². The van der Waals surface area contributed by atoms with Gasteiger partial charge in [-0.3, -0.25) is 9.10 Å². The third-order valence-corrected chi connectivity index (χ3v) is 5.90. The lowest BCUT2D eigenvalue weighted by Gasteiger charge is -2.37. The first-order chi connectivity index (χ1) is 11.6. The van der Waals surface area contributed by atoms with Gasteiger partial charge >= 0.3 is 0 Å². The maximum atomic E-state index is 12.9. The van der Waals surface area contributed by atoms with Crippen molar-refractivity contribution < 1.29 is 13.2 Å². The number of piperazine rings is 1. The van der Waals surface area contributed by atoms with E-state index in [4.69, 9.17) is 0 Å². The monoisotopic (exact) mass is 367 g/mol. The average Bonchev–Trinajstić information content (AvgIpc) is 2.52. The van der Waals surface area contributed by atoms with E-state index in [2.05, 4.69) is 11.8 Å². The first-order valence-electron chi connectivity index (χ1n) is 8.72. The Labute approximate surface area is 151 Å². The predicted molar refractivity (Wildman–Crippen MR) is 101 cm³/mol. The summed E-state index contributed by atoms with van der Waals surface area (Å²) in [4.78, 5) is 17.0. The van der Waals surface area contributed by atoms with Gasteiger partial charge < -0.3 is 9.80 Å². The molecule has 2 rings (SSSR count). The largest absolute Gasteiger partial charge is 0.338 e. The van der Waals surface area contributed by atoms with Gasteiger partial charge in [0.2, 0.25) is 15.9 Å². The Morgan fingerprint density at radius 3 is 2.08 bits per heavy atom. The van der Waals surface area contributed by atoms with Gasteiger partial charge in [0.15, 0.2) is 0 Å². The highest BCUT2D eigenvalue weighted by Crippen LogP contribution is 2.24. The lowest BCUT2D eigenvalue weighted by molar-refractivity contribution is -0.133. The van der Waals surface area contributed by atoms with Crippen LogP contribution in [0.4, 0.5) is 5.69 Å². The van der Waals surface area contributed by atoms with Gasteiger partial charge in [-0.25, -0.2) is 8.42 Å². The van der Waals surface area contributed by atoms with Crippen molar-refractivity contribution in [2.75, 3.05) is 43.3 Å². The summed E-state index contributed by atoms with van der Waals surface area (Å²) < 4.78 is 26.1. The minimum Gasteiger partial charge on any atom is -0.338 e. The maximum Gasteiger partial charge on any atom is 0.246 e. The molecule has 1 amide bonds. The third-order valence-electron chi connectivity index (χ3n) is 4.66. The molecule has 0 N–H and O–H groups in total. The first kappa shape index (κ1) is 19.7. The number of rotatable bonds is 5. The number of likely N-dealkylation sites (N-methyl/N-ethyl adjacent to an activating group) is 1. The van der Waals surface area contributed by atoms with Crippen molar-refractivity contribution >= 4 is 21.6 Å². The second-order valence-corrected chi connectivity index (χ2v) is 8.70. The first-order valence-corrected chi connectivity index (χ1v) is 10.6. The minimum atomic E-state index is -3.57. The molecule has 1 fully saturated rings. The number of carbonyl (C=O) groups is 1. The van der Waals surface area contributed by atoms with Gasteiger partial charge in [0.05, 0.1) is 11.9 Å². The van der Waals surface area contributed by atoms with E-state index >= 15 is 0 Å². The molecule has 1 heterocycles. The number of amides is 1. The molecule has 0 radical (unpaired) electrons. The van der Waals surface area contributed by atoms with E-state index in [1.807, 2.05) is 32.0 Å². The summed E-state index contributed by atoms with van der Waals surface area (Å²) in [6, 6.07) is 4.85. The number of anilines is 1. The van der Waals surface area contributed by atoms with Crippen molar-refractivity contribution in [3.8, 4) is 0 Å². The zero-order valence-corrected chi connectivity index (χ0v) is 16.6. The van der Waals surface area contributed by atoms with E-state index < -0.39 is 16.1 Å². The maximum absolute atomic E-state index is 12.9. The van der Waals surface area contributed by atoms with Crippen molar-refractivity contribution in [3.05, 3.63) is 29.3 Å². The number of hydrogen-bond donors (Lipinski definition) is 0. The smallest absolute Gasteiger partial charge is 0.246 e. The average molecular weight is 368 g/mol. The van der Waals surface area contributed by atoms with Crippen LogP contribution >= 0.6 is 0 Å². The Hall–Kier alpha value is -1.60. The molecule has 0 unspecified atom stereocenters. The Balaban J connectivity index is 2.27. The Bertz CT molecular complexity index is 705. The zero-order chi connectivity index (χ0) is 18.8. The van der Waals surface area contributed by atoms with Gasteiger partial charge in [0.25, 0.3) is 0 Å². The number of benzene rings is 1. The van der Waals surface area contributed by atoms with Gasteiger partial charge in [-0.1, -0.05) is 13.0 Å². The Morgan fingerprint density at radius 1 is 1.12 bits per heavy atom. The normalized spacial score (nSPS) is 17.4. The SMILES string of the molecule is CCN1CCN(C(=O)[C@H](C)N(c2cc(C)cc(C)c2)S(C)(=O)=O)CC1. The van der Waals surface area contributed by atoms with Crippen LogP contribution in [0.25, 0.3) is 0 Å². The number of aryl methyl sites for hydroxylation is 2. The minimum absolute atomic E-state index is 0.139. The van der Waals surface area contributed by atoms with Crippen molar-refractivity contribution in [2.24, 2.45) is 0 Å². The summed E-state index contributed by atoms with van der Waals surface area (Å²) in [5, 5.41) is 0. The van der Waals surface area contributed by atoms with Crippen LogP contribution in [0.1, 0.15) is 25.0 Å². The molecule has 0 bridgehead atoms. The molecule has 0 aromatic heterocycles.